The molecule has 0 bridgehead atoms. The lowest BCUT2D eigenvalue weighted by molar-refractivity contribution is -0.141. The number of likely N-dealkylation sites (N-methyl/N-ethyl adjacent to an activating group) is 1. The van der Waals surface area contributed by atoms with Gasteiger partial charge in [-0.1, -0.05) is 24.1 Å². The van der Waals surface area contributed by atoms with Gasteiger partial charge in [-0.25, -0.2) is 4.39 Å². The molecule has 1 saturated heterocycles. The summed E-state index contributed by atoms with van der Waals surface area (Å²) in [5.41, 5.74) is 3.50. The van der Waals surface area contributed by atoms with Gasteiger partial charge in [0, 0.05) is 45.8 Å². The number of nitrogens with zero attached hydrogens (tertiary/aromatic N) is 4. The molecule has 1 saturated carbocycles. The number of anilines is 1. The molecule has 0 radical (unpaired) electrons. The van der Waals surface area contributed by atoms with Crippen molar-refractivity contribution in [3.8, 4) is 6.07 Å². The number of hydrogen-bond acceptors (Lipinski definition) is 7. The molecule has 12 nitrogen and oxygen atoms in total. The fourth-order valence-corrected chi connectivity index (χ4v) is 6.83. The monoisotopic (exact) mass is 705 g/mol. The lowest BCUT2D eigenvalue weighted by Crippen LogP contribution is -2.58. The van der Waals surface area contributed by atoms with Gasteiger partial charge >= 0.3 is 0 Å². The Kier molecular flexibility index (Phi) is 13.2. The normalized spacial score (nSPS) is 20.4. The molecule has 1 unspecified atom stereocenters. The number of ether oxygens (including phenoxy) is 1. The van der Waals surface area contributed by atoms with E-state index in [0.717, 1.165) is 12.8 Å². The highest BCUT2D eigenvalue weighted by molar-refractivity contribution is 6.01. The van der Waals surface area contributed by atoms with E-state index in [1.807, 2.05) is 20.0 Å². The van der Waals surface area contributed by atoms with Crippen LogP contribution < -0.4 is 16.0 Å². The summed E-state index contributed by atoms with van der Waals surface area (Å²) in [6, 6.07) is 7.63. The van der Waals surface area contributed by atoms with Crippen LogP contribution in [0.2, 0.25) is 0 Å². The van der Waals surface area contributed by atoms with Crippen LogP contribution in [0.4, 0.5) is 10.1 Å². The number of carbonyl (C=O) groups is 4. The SMILES string of the molecule is CO[C@@H](C)C(=O)N[C@@H](C(=O)N1CCN(C)[C@H](C)C1)[C@@H](C)c1ccc(NC(=O)C(NC(=O)c2ccc(C#N)n2C)C2CCC(=C(C)C)CC2)c(F)c1. The number of methoxy groups -OCH3 is 1. The molecule has 1 aromatic carbocycles. The number of piperazine rings is 1. The zero-order valence-corrected chi connectivity index (χ0v) is 31.0. The average Bonchev–Trinajstić information content (AvgIpc) is 3.50. The molecule has 4 amide bonds. The van der Waals surface area contributed by atoms with Crippen LogP contribution in [-0.2, 0) is 26.2 Å². The van der Waals surface area contributed by atoms with Gasteiger partial charge in [-0.15, -0.1) is 0 Å². The van der Waals surface area contributed by atoms with Crippen LogP contribution in [-0.4, -0.2) is 96.0 Å². The fraction of sp³-hybridized carbons (Fsp3) is 0.553. The van der Waals surface area contributed by atoms with E-state index < -0.39 is 47.6 Å². The van der Waals surface area contributed by atoms with Crippen LogP contribution in [0.25, 0.3) is 0 Å². The molecule has 0 spiro atoms. The van der Waals surface area contributed by atoms with E-state index in [-0.39, 0.29) is 29.2 Å². The standard InChI is InChI=1S/C38H52FN7O5/c1-22(2)26-9-11-27(12-10-26)34(43-36(48)32-16-14-29(20-40)45(32)7)37(49)41-31-15-13-28(19-30(31)39)24(4)33(42-35(47)25(5)51-8)38(50)46-18-17-44(6)23(3)21-46/h13-16,19,23-25,27,33-34H,9-12,17-18,21H2,1-8H3,(H,41,49)(H,42,47)(H,43,48)/t23-,24+,25+,33-,34?/m1/s1. The van der Waals surface area contributed by atoms with Crippen LogP contribution in [0.5, 0.6) is 0 Å². The van der Waals surface area contributed by atoms with Crippen molar-refractivity contribution in [3.63, 3.8) is 0 Å². The first-order valence-corrected chi connectivity index (χ1v) is 17.6. The Hall–Kier alpha value is -4.54. The smallest absolute Gasteiger partial charge is 0.268 e. The van der Waals surface area contributed by atoms with Gasteiger partial charge in [0.1, 0.15) is 41.5 Å². The van der Waals surface area contributed by atoms with Crippen molar-refractivity contribution < 1.29 is 28.3 Å². The molecular formula is C38H52FN7O5. The van der Waals surface area contributed by atoms with Crippen molar-refractivity contribution in [2.24, 2.45) is 13.0 Å². The van der Waals surface area contributed by atoms with Gasteiger partial charge in [0.2, 0.25) is 17.7 Å². The van der Waals surface area contributed by atoms with E-state index in [1.165, 1.54) is 47.1 Å². The molecular weight excluding hydrogens is 653 g/mol. The molecule has 13 heteroatoms. The van der Waals surface area contributed by atoms with Crippen LogP contribution in [0, 0.1) is 23.1 Å². The van der Waals surface area contributed by atoms with Gasteiger partial charge in [0.05, 0.1) is 5.69 Å². The van der Waals surface area contributed by atoms with Crippen molar-refractivity contribution in [1.29, 1.82) is 5.26 Å². The van der Waals surface area contributed by atoms with E-state index in [1.54, 1.807) is 31.9 Å². The third-order valence-corrected chi connectivity index (χ3v) is 10.7. The average molecular weight is 706 g/mol. The maximum Gasteiger partial charge on any atom is 0.268 e. The van der Waals surface area contributed by atoms with Crippen LogP contribution in [0.1, 0.15) is 88.0 Å². The molecule has 1 aliphatic carbocycles. The van der Waals surface area contributed by atoms with E-state index in [0.29, 0.717) is 43.7 Å². The Balaban J connectivity index is 1.57. The highest BCUT2D eigenvalue weighted by Crippen LogP contribution is 2.33. The van der Waals surface area contributed by atoms with Crippen molar-refractivity contribution in [3.05, 3.63) is 64.2 Å². The second-order valence-corrected chi connectivity index (χ2v) is 14.2. The number of benzene rings is 1. The number of nitrogens with one attached hydrogen (secondary N) is 3. The Labute approximate surface area is 300 Å². The molecule has 2 aliphatic rings. The van der Waals surface area contributed by atoms with Gasteiger partial charge < -0.3 is 35.1 Å². The third kappa shape index (κ3) is 9.23. The van der Waals surface area contributed by atoms with Crippen molar-refractivity contribution in [1.82, 2.24) is 25.0 Å². The number of allylic oxidation sites excluding steroid dienone is 2. The van der Waals surface area contributed by atoms with Crippen LogP contribution in [0.3, 0.4) is 0 Å². The Bertz CT molecular complexity index is 1680. The zero-order chi connectivity index (χ0) is 37.6. The molecule has 276 valence electrons. The lowest BCUT2D eigenvalue weighted by Gasteiger charge is -2.40. The molecule has 3 N–H and O–H groups in total. The summed E-state index contributed by atoms with van der Waals surface area (Å²) in [7, 11) is 5.01. The molecule has 1 aromatic heterocycles. The van der Waals surface area contributed by atoms with Crippen LogP contribution in [0.15, 0.2) is 41.5 Å². The van der Waals surface area contributed by atoms with Gasteiger partial charge in [-0.2, -0.15) is 5.26 Å². The number of hydrogen-bond donors (Lipinski definition) is 3. The summed E-state index contributed by atoms with van der Waals surface area (Å²) in [5, 5.41) is 17.8. The van der Waals surface area contributed by atoms with Gasteiger partial charge in [-0.3, -0.25) is 19.2 Å². The molecule has 51 heavy (non-hydrogen) atoms. The minimum absolute atomic E-state index is 0.0746. The van der Waals surface area contributed by atoms with E-state index in [9.17, 15) is 24.4 Å². The van der Waals surface area contributed by atoms with Crippen molar-refractivity contribution >= 4 is 29.3 Å². The third-order valence-electron chi connectivity index (χ3n) is 10.7. The number of amides is 4. The lowest BCUT2D eigenvalue weighted by atomic mass is 9.79. The van der Waals surface area contributed by atoms with E-state index in [4.69, 9.17) is 4.74 Å². The predicted molar refractivity (Wildman–Crippen MR) is 192 cm³/mol. The fourth-order valence-electron chi connectivity index (χ4n) is 6.83. The highest BCUT2D eigenvalue weighted by Gasteiger charge is 2.36. The maximum absolute atomic E-state index is 15.8. The Morgan fingerprint density at radius 1 is 1.00 bits per heavy atom. The number of aromatic nitrogens is 1. The topological polar surface area (TPSA) is 149 Å². The Morgan fingerprint density at radius 2 is 1.69 bits per heavy atom. The summed E-state index contributed by atoms with van der Waals surface area (Å²) in [4.78, 5) is 57.9. The molecule has 5 atom stereocenters. The molecule has 1 aliphatic heterocycles. The molecule has 4 rings (SSSR count). The first-order chi connectivity index (χ1) is 24.2. The number of halogens is 1. The minimum Gasteiger partial charge on any atom is -0.372 e. The quantitative estimate of drug-likeness (QED) is 0.299. The first-order valence-electron chi connectivity index (χ1n) is 17.6. The second-order valence-electron chi connectivity index (χ2n) is 14.2. The van der Waals surface area contributed by atoms with Gasteiger partial charge in [0.15, 0.2) is 0 Å². The summed E-state index contributed by atoms with van der Waals surface area (Å²) in [5.74, 6) is -3.32. The second kappa shape index (κ2) is 17.1. The molecule has 2 aromatic rings. The van der Waals surface area contributed by atoms with Crippen molar-refractivity contribution in [2.75, 3.05) is 39.1 Å². The molecule has 2 heterocycles. The maximum atomic E-state index is 15.8. The zero-order valence-electron chi connectivity index (χ0n) is 31.0. The largest absolute Gasteiger partial charge is 0.372 e. The predicted octanol–water partition coefficient (Wildman–Crippen LogP) is 4.09. The summed E-state index contributed by atoms with van der Waals surface area (Å²) >= 11 is 0. The van der Waals surface area contributed by atoms with E-state index in [2.05, 4.69) is 34.7 Å². The van der Waals surface area contributed by atoms with E-state index >= 15 is 4.39 Å². The summed E-state index contributed by atoms with van der Waals surface area (Å²) in [6.45, 7) is 11.2. The number of rotatable bonds is 11. The van der Waals surface area contributed by atoms with Crippen LogP contribution >= 0.6 is 0 Å². The minimum atomic E-state index is -0.985. The summed E-state index contributed by atoms with van der Waals surface area (Å²) in [6.07, 6.45) is 2.13. The highest BCUT2D eigenvalue weighted by atomic mass is 19.1. The van der Waals surface area contributed by atoms with Gasteiger partial charge in [-0.05, 0) is 96.2 Å². The first kappa shape index (κ1) is 39.2. The summed E-state index contributed by atoms with van der Waals surface area (Å²) < 4.78 is 22.5. The number of nitriles is 1. The number of carbonyl (C=O) groups excluding carboxylic acids is 4. The van der Waals surface area contributed by atoms with Crippen molar-refractivity contribution in [2.45, 2.75) is 90.4 Å². The molecule has 2 fully saturated rings. The van der Waals surface area contributed by atoms with Gasteiger partial charge in [0.25, 0.3) is 5.91 Å². The Morgan fingerprint density at radius 3 is 2.25 bits per heavy atom.